The maximum absolute atomic E-state index is 13.3. The minimum Gasteiger partial charge on any atom is -0.310 e. The van der Waals surface area contributed by atoms with Gasteiger partial charge in [0, 0.05) is 23.0 Å². The Kier molecular flexibility index (Phi) is 4.37. The van der Waals surface area contributed by atoms with Crippen molar-refractivity contribution in [2.45, 2.75) is 13.5 Å². The fraction of sp³-hybridized carbons (Fsp3) is 0.0870. The zero-order valence-electron chi connectivity index (χ0n) is 16.0. The van der Waals surface area contributed by atoms with Gasteiger partial charge in [0.25, 0.3) is 5.56 Å². The van der Waals surface area contributed by atoms with Crippen LogP contribution >= 0.6 is 11.6 Å². The topological polar surface area (TPSA) is 52.2 Å². The smallest absolute Gasteiger partial charge is 0.261 e. The second kappa shape index (κ2) is 7.07. The average Bonchev–Trinajstić information content (AvgIpc) is 3.08. The van der Waals surface area contributed by atoms with Crippen molar-refractivity contribution in [2.75, 3.05) is 0 Å². The van der Waals surface area contributed by atoms with E-state index in [0.29, 0.717) is 28.1 Å². The van der Waals surface area contributed by atoms with Crippen molar-refractivity contribution in [1.29, 1.82) is 0 Å². The van der Waals surface area contributed by atoms with Crippen LogP contribution in [0.25, 0.3) is 27.7 Å². The Bertz CT molecular complexity index is 1450. The van der Waals surface area contributed by atoms with E-state index in [0.717, 1.165) is 22.4 Å². The standard InChI is InChI=1S/C23H16ClFN4O/c1-14-21(16-4-8-18(25)9-5-16)22-26-12-19-20(29(22)27-14)10-11-28(23(19)30)13-15-2-6-17(24)7-3-15/h2-12H,13H2,1H3. The van der Waals surface area contributed by atoms with Gasteiger partial charge < -0.3 is 4.57 Å². The normalized spacial score (nSPS) is 11.4. The summed E-state index contributed by atoms with van der Waals surface area (Å²) < 4.78 is 16.6. The van der Waals surface area contributed by atoms with Crippen LogP contribution < -0.4 is 5.56 Å². The third-order valence-electron chi connectivity index (χ3n) is 5.16. The lowest BCUT2D eigenvalue weighted by Gasteiger charge is -2.08. The van der Waals surface area contributed by atoms with Crippen LogP contribution in [0.2, 0.25) is 5.02 Å². The maximum Gasteiger partial charge on any atom is 0.261 e. The van der Waals surface area contributed by atoms with Crippen molar-refractivity contribution < 1.29 is 4.39 Å². The fourth-order valence-electron chi connectivity index (χ4n) is 3.68. The van der Waals surface area contributed by atoms with E-state index in [9.17, 15) is 9.18 Å². The largest absolute Gasteiger partial charge is 0.310 e. The van der Waals surface area contributed by atoms with Crippen LogP contribution in [0.1, 0.15) is 11.3 Å². The first-order valence-corrected chi connectivity index (χ1v) is 9.77. The van der Waals surface area contributed by atoms with Crippen molar-refractivity contribution in [2.24, 2.45) is 0 Å². The van der Waals surface area contributed by atoms with Gasteiger partial charge in [0.15, 0.2) is 5.65 Å². The van der Waals surface area contributed by atoms with Crippen molar-refractivity contribution in [3.05, 3.63) is 99.4 Å². The zero-order chi connectivity index (χ0) is 20.8. The second-order valence-corrected chi connectivity index (χ2v) is 7.57. The van der Waals surface area contributed by atoms with Crippen molar-refractivity contribution in [3.63, 3.8) is 0 Å². The molecule has 0 aliphatic heterocycles. The van der Waals surface area contributed by atoms with Crippen LogP contribution in [0, 0.1) is 12.7 Å². The number of nitrogens with zero attached hydrogens (tertiary/aromatic N) is 4. The molecular formula is C23H16ClFN4O. The summed E-state index contributed by atoms with van der Waals surface area (Å²) in [7, 11) is 0. The number of aryl methyl sites for hydroxylation is 1. The van der Waals surface area contributed by atoms with Gasteiger partial charge in [-0.3, -0.25) is 4.79 Å². The number of aromatic nitrogens is 4. The Morgan fingerprint density at radius 1 is 1.03 bits per heavy atom. The van der Waals surface area contributed by atoms with Gasteiger partial charge >= 0.3 is 0 Å². The number of benzene rings is 2. The van der Waals surface area contributed by atoms with Crippen molar-refractivity contribution in [1.82, 2.24) is 19.2 Å². The van der Waals surface area contributed by atoms with E-state index in [1.54, 1.807) is 45.7 Å². The average molecular weight is 419 g/mol. The highest BCUT2D eigenvalue weighted by molar-refractivity contribution is 6.30. The van der Waals surface area contributed by atoms with E-state index in [1.807, 2.05) is 25.1 Å². The molecule has 2 aromatic carbocycles. The van der Waals surface area contributed by atoms with Gasteiger partial charge in [-0.15, -0.1) is 0 Å². The zero-order valence-corrected chi connectivity index (χ0v) is 16.8. The molecule has 0 amide bonds. The predicted molar refractivity (Wildman–Crippen MR) is 115 cm³/mol. The Morgan fingerprint density at radius 2 is 1.77 bits per heavy atom. The molecule has 3 heterocycles. The highest BCUT2D eigenvalue weighted by Crippen LogP contribution is 2.28. The summed E-state index contributed by atoms with van der Waals surface area (Å²) in [5.41, 5.74) is 4.54. The predicted octanol–water partition coefficient (Wildman–Crippen LogP) is 4.86. The first kappa shape index (κ1) is 18.5. The Hall–Kier alpha value is -3.51. The van der Waals surface area contributed by atoms with Crippen molar-refractivity contribution in [3.8, 4) is 11.1 Å². The molecule has 0 aliphatic rings. The van der Waals surface area contributed by atoms with E-state index in [4.69, 9.17) is 11.6 Å². The Morgan fingerprint density at radius 3 is 2.50 bits per heavy atom. The molecule has 148 valence electrons. The number of hydrogen-bond donors (Lipinski definition) is 0. The van der Waals surface area contributed by atoms with Crippen LogP contribution in [0.5, 0.6) is 0 Å². The first-order chi connectivity index (χ1) is 14.5. The van der Waals surface area contributed by atoms with Gasteiger partial charge in [-0.1, -0.05) is 35.9 Å². The summed E-state index contributed by atoms with van der Waals surface area (Å²) in [6.07, 6.45) is 3.34. The lowest BCUT2D eigenvalue weighted by molar-refractivity contribution is 0.628. The molecule has 0 atom stereocenters. The highest BCUT2D eigenvalue weighted by atomic mass is 35.5. The molecule has 7 heteroatoms. The summed E-state index contributed by atoms with van der Waals surface area (Å²) in [5.74, 6) is -0.299. The summed E-state index contributed by atoms with van der Waals surface area (Å²) in [6.45, 7) is 2.31. The SMILES string of the molecule is Cc1nn2c(ncc3c(=O)n(Cc4ccc(Cl)cc4)ccc32)c1-c1ccc(F)cc1. The molecule has 5 aromatic rings. The molecule has 0 saturated carbocycles. The van der Waals surface area contributed by atoms with Crippen LogP contribution in [-0.4, -0.2) is 19.2 Å². The molecule has 0 N–H and O–H groups in total. The van der Waals surface area contributed by atoms with E-state index < -0.39 is 0 Å². The molecule has 0 bridgehead atoms. The van der Waals surface area contributed by atoms with Crippen LogP contribution in [-0.2, 0) is 6.54 Å². The number of hydrogen-bond acceptors (Lipinski definition) is 3. The van der Waals surface area contributed by atoms with E-state index in [1.165, 1.54) is 12.1 Å². The quantitative estimate of drug-likeness (QED) is 0.420. The molecule has 5 rings (SSSR count). The van der Waals surface area contributed by atoms with E-state index in [2.05, 4.69) is 10.1 Å². The molecular weight excluding hydrogens is 403 g/mol. The molecule has 0 radical (unpaired) electrons. The van der Waals surface area contributed by atoms with Gasteiger partial charge in [-0.2, -0.15) is 5.10 Å². The molecule has 0 unspecified atom stereocenters. The van der Waals surface area contributed by atoms with Crippen LogP contribution in [0.15, 0.2) is 71.8 Å². The van der Waals surface area contributed by atoms with Gasteiger partial charge in [0.05, 0.1) is 23.1 Å². The van der Waals surface area contributed by atoms with Gasteiger partial charge in [0.1, 0.15) is 5.82 Å². The summed E-state index contributed by atoms with van der Waals surface area (Å²) in [5, 5.41) is 5.74. The minimum atomic E-state index is -0.299. The highest BCUT2D eigenvalue weighted by Gasteiger charge is 2.16. The van der Waals surface area contributed by atoms with E-state index >= 15 is 0 Å². The summed E-state index contributed by atoms with van der Waals surface area (Å²) in [6, 6.07) is 15.5. The molecule has 0 saturated heterocycles. The molecule has 3 aromatic heterocycles. The van der Waals surface area contributed by atoms with Gasteiger partial charge in [-0.05, 0) is 48.4 Å². The minimum absolute atomic E-state index is 0.145. The lowest BCUT2D eigenvalue weighted by Crippen LogP contribution is -2.21. The van der Waals surface area contributed by atoms with Gasteiger partial charge in [-0.25, -0.2) is 13.9 Å². The van der Waals surface area contributed by atoms with Crippen LogP contribution in [0.3, 0.4) is 0 Å². The number of rotatable bonds is 3. The number of pyridine rings is 1. The molecule has 5 nitrogen and oxygen atoms in total. The fourth-order valence-corrected chi connectivity index (χ4v) is 3.81. The third-order valence-corrected chi connectivity index (χ3v) is 5.41. The van der Waals surface area contributed by atoms with Gasteiger partial charge in [0.2, 0.25) is 0 Å². The molecule has 0 spiro atoms. The molecule has 0 fully saturated rings. The van der Waals surface area contributed by atoms with Crippen molar-refractivity contribution >= 4 is 28.2 Å². The van der Waals surface area contributed by atoms with Crippen LogP contribution in [0.4, 0.5) is 4.39 Å². The monoisotopic (exact) mass is 418 g/mol. The number of halogens is 2. The van der Waals surface area contributed by atoms with E-state index in [-0.39, 0.29) is 11.4 Å². The summed E-state index contributed by atoms with van der Waals surface area (Å²) in [4.78, 5) is 17.6. The first-order valence-electron chi connectivity index (χ1n) is 9.39. The Labute approximate surface area is 176 Å². The maximum atomic E-state index is 13.3. The second-order valence-electron chi connectivity index (χ2n) is 7.14. The summed E-state index contributed by atoms with van der Waals surface area (Å²) >= 11 is 5.94. The third kappa shape index (κ3) is 3.06. The number of fused-ring (bicyclic) bond motifs is 3. The lowest BCUT2D eigenvalue weighted by atomic mass is 10.1. The molecule has 30 heavy (non-hydrogen) atoms. The molecule has 0 aliphatic carbocycles. The Balaban J connectivity index is 1.65.